The maximum atomic E-state index is 12.4. The van der Waals surface area contributed by atoms with E-state index in [2.05, 4.69) is 0 Å². The van der Waals surface area contributed by atoms with Gasteiger partial charge in [-0.15, -0.1) is 0 Å². The molecule has 0 aromatic heterocycles. The largest absolute Gasteiger partial charge is 0.399 e. The second-order valence-electron chi connectivity index (χ2n) is 4.03. The number of nitrogen functional groups attached to an aromatic ring is 1. The summed E-state index contributed by atoms with van der Waals surface area (Å²) < 4.78 is 26.1. The molecule has 100 valence electrons. The first-order chi connectivity index (χ1) is 8.91. The van der Waals surface area contributed by atoms with Gasteiger partial charge < -0.3 is 5.73 Å². The molecule has 0 atom stereocenters. The van der Waals surface area contributed by atoms with E-state index in [1.165, 1.54) is 29.6 Å². The molecule has 6 heteroatoms. The van der Waals surface area contributed by atoms with Crippen LogP contribution in [0.4, 0.5) is 11.4 Å². The van der Waals surface area contributed by atoms with Crippen LogP contribution < -0.4 is 10.0 Å². The van der Waals surface area contributed by atoms with Crippen LogP contribution in [0.15, 0.2) is 53.4 Å². The fourth-order valence-electron chi connectivity index (χ4n) is 1.67. The molecule has 2 N–H and O–H groups in total. The minimum atomic E-state index is -3.67. The van der Waals surface area contributed by atoms with Gasteiger partial charge >= 0.3 is 0 Å². The molecule has 2 aromatic carbocycles. The fourth-order valence-corrected chi connectivity index (χ4v) is 3.25. The number of benzene rings is 2. The highest BCUT2D eigenvalue weighted by Crippen LogP contribution is 2.25. The number of anilines is 2. The van der Waals surface area contributed by atoms with Gasteiger partial charge in [0.2, 0.25) is 0 Å². The van der Waals surface area contributed by atoms with Crippen LogP contribution in [-0.2, 0) is 10.0 Å². The predicted octanol–water partition coefficient (Wildman–Crippen LogP) is 2.75. The van der Waals surface area contributed by atoms with Crippen molar-refractivity contribution in [3.8, 4) is 0 Å². The van der Waals surface area contributed by atoms with E-state index in [9.17, 15) is 8.42 Å². The zero-order chi connectivity index (χ0) is 14.0. The van der Waals surface area contributed by atoms with Crippen molar-refractivity contribution in [2.24, 2.45) is 0 Å². The minimum absolute atomic E-state index is 0.0730. The second kappa shape index (κ2) is 5.11. The molecule has 0 fully saturated rings. The van der Waals surface area contributed by atoms with Crippen LogP contribution in [0.1, 0.15) is 0 Å². The number of sulfonamides is 1. The molecule has 0 saturated heterocycles. The molecular weight excluding hydrogens is 284 g/mol. The van der Waals surface area contributed by atoms with Gasteiger partial charge in [0, 0.05) is 17.8 Å². The van der Waals surface area contributed by atoms with Crippen LogP contribution in [0.5, 0.6) is 0 Å². The number of nitrogens with two attached hydrogens (primary N) is 1. The lowest BCUT2D eigenvalue weighted by molar-refractivity contribution is 0.594. The molecule has 0 saturated carbocycles. The van der Waals surface area contributed by atoms with Crippen LogP contribution in [-0.4, -0.2) is 15.5 Å². The molecule has 2 aromatic rings. The zero-order valence-electron chi connectivity index (χ0n) is 10.2. The third-order valence-electron chi connectivity index (χ3n) is 2.67. The summed E-state index contributed by atoms with van der Waals surface area (Å²) in [5, 5.41) is 0.292. The molecule has 0 aliphatic heterocycles. The summed E-state index contributed by atoms with van der Waals surface area (Å²) in [6.07, 6.45) is 0. The van der Waals surface area contributed by atoms with E-state index < -0.39 is 10.0 Å². The lowest BCUT2D eigenvalue weighted by Crippen LogP contribution is -2.26. The van der Waals surface area contributed by atoms with Gasteiger partial charge in [-0.1, -0.05) is 29.8 Å². The van der Waals surface area contributed by atoms with Crippen molar-refractivity contribution in [1.82, 2.24) is 0 Å². The molecule has 0 spiro atoms. The summed E-state index contributed by atoms with van der Waals surface area (Å²) in [7, 11) is -2.18. The summed E-state index contributed by atoms with van der Waals surface area (Å²) in [5.41, 5.74) is 6.51. The van der Waals surface area contributed by atoms with Gasteiger partial charge in [0.15, 0.2) is 0 Å². The van der Waals surface area contributed by atoms with Gasteiger partial charge in [-0.2, -0.15) is 0 Å². The third kappa shape index (κ3) is 2.83. The Morgan fingerprint density at radius 3 is 2.32 bits per heavy atom. The van der Waals surface area contributed by atoms with Crippen LogP contribution in [0, 0.1) is 0 Å². The predicted molar refractivity (Wildman–Crippen MR) is 77.9 cm³/mol. The number of hydrogen-bond donors (Lipinski definition) is 1. The Bertz CT molecular complexity index is 667. The minimum Gasteiger partial charge on any atom is -0.399 e. The lowest BCUT2D eigenvalue weighted by atomic mass is 10.3. The first-order valence-corrected chi connectivity index (χ1v) is 7.33. The summed E-state index contributed by atoms with van der Waals surface area (Å²) >= 11 is 5.84. The first-order valence-electron chi connectivity index (χ1n) is 5.51. The number of rotatable bonds is 3. The van der Waals surface area contributed by atoms with Gasteiger partial charge in [0.1, 0.15) is 0 Å². The van der Waals surface area contributed by atoms with Crippen molar-refractivity contribution >= 4 is 33.0 Å². The molecule has 0 amide bonds. The van der Waals surface area contributed by atoms with Gasteiger partial charge in [-0.25, -0.2) is 8.42 Å². The molecule has 2 rings (SSSR count). The van der Waals surface area contributed by atoms with Crippen molar-refractivity contribution in [2.75, 3.05) is 17.1 Å². The topological polar surface area (TPSA) is 63.4 Å². The molecular formula is C13H13ClN2O2S. The highest BCUT2D eigenvalue weighted by atomic mass is 35.5. The lowest BCUT2D eigenvalue weighted by Gasteiger charge is -2.19. The van der Waals surface area contributed by atoms with Crippen LogP contribution in [0.3, 0.4) is 0 Å². The Morgan fingerprint density at radius 2 is 1.74 bits per heavy atom. The number of hydrogen-bond acceptors (Lipinski definition) is 3. The van der Waals surface area contributed by atoms with E-state index in [-0.39, 0.29) is 4.90 Å². The highest BCUT2D eigenvalue weighted by molar-refractivity contribution is 7.92. The summed E-state index contributed by atoms with van der Waals surface area (Å²) in [4.78, 5) is 0.0730. The molecule has 4 nitrogen and oxygen atoms in total. The molecule has 0 aliphatic carbocycles. The van der Waals surface area contributed by atoms with Crippen molar-refractivity contribution in [1.29, 1.82) is 0 Å². The summed E-state index contributed by atoms with van der Waals surface area (Å²) in [6, 6.07) is 13.1. The summed E-state index contributed by atoms with van der Waals surface area (Å²) in [5.74, 6) is 0. The molecule has 0 heterocycles. The zero-order valence-corrected chi connectivity index (χ0v) is 11.8. The third-order valence-corrected chi connectivity index (χ3v) is 4.65. The Labute approximate surface area is 117 Å². The van der Waals surface area contributed by atoms with Crippen molar-refractivity contribution in [3.63, 3.8) is 0 Å². The van der Waals surface area contributed by atoms with E-state index in [1.54, 1.807) is 24.3 Å². The standard InChI is InChI=1S/C13H13ClN2O2S/c1-16(12-5-3-2-4-6-12)19(17,18)13-8-10(14)7-11(15)9-13/h2-9H,15H2,1H3. The summed E-state index contributed by atoms with van der Waals surface area (Å²) in [6.45, 7) is 0. The molecule has 19 heavy (non-hydrogen) atoms. The molecule has 0 aliphatic rings. The van der Waals surface area contributed by atoms with Crippen LogP contribution in [0.2, 0.25) is 5.02 Å². The first kappa shape index (κ1) is 13.7. The average Bonchev–Trinajstić information content (AvgIpc) is 2.37. The average molecular weight is 297 g/mol. The van der Waals surface area contributed by atoms with Crippen LogP contribution >= 0.6 is 11.6 Å². The van der Waals surface area contributed by atoms with Crippen molar-refractivity contribution in [2.45, 2.75) is 4.90 Å². The Morgan fingerprint density at radius 1 is 1.11 bits per heavy atom. The molecule has 0 bridgehead atoms. The number of halogens is 1. The highest BCUT2D eigenvalue weighted by Gasteiger charge is 2.21. The van der Waals surface area contributed by atoms with Crippen LogP contribution in [0.25, 0.3) is 0 Å². The SMILES string of the molecule is CN(c1ccccc1)S(=O)(=O)c1cc(N)cc(Cl)c1. The molecule has 0 radical (unpaired) electrons. The van der Waals surface area contributed by atoms with E-state index >= 15 is 0 Å². The van der Waals surface area contributed by atoms with E-state index in [0.717, 1.165) is 0 Å². The van der Waals surface area contributed by atoms with E-state index in [4.69, 9.17) is 17.3 Å². The Kier molecular flexibility index (Phi) is 3.68. The Hall–Kier alpha value is -1.72. The molecule has 0 unspecified atom stereocenters. The van der Waals surface area contributed by atoms with Crippen molar-refractivity contribution in [3.05, 3.63) is 53.6 Å². The van der Waals surface area contributed by atoms with E-state index in [0.29, 0.717) is 16.4 Å². The van der Waals surface area contributed by atoms with Gasteiger partial charge in [-0.3, -0.25) is 4.31 Å². The van der Waals surface area contributed by atoms with Gasteiger partial charge in [0.25, 0.3) is 10.0 Å². The van der Waals surface area contributed by atoms with Crippen molar-refractivity contribution < 1.29 is 8.42 Å². The van der Waals surface area contributed by atoms with Gasteiger partial charge in [-0.05, 0) is 30.3 Å². The smallest absolute Gasteiger partial charge is 0.264 e. The quantitative estimate of drug-likeness (QED) is 0.886. The monoisotopic (exact) mass is 296 g/mol. The maximum absolute atomic E-state index is 12.4. The van der Waals surface area contributed by atoms with E-state index in [1.807, 2.05) is 6.07 Å². The number of nitrogens with zero attached hydrogens (tertiary/aromatic N) is 1. The number of para-hydroxylation sites is 1. The Balaban J connectivity index is 2.48. The maximum Gasteiger partial charge on any atom is 0.264 e. The van der Waals surface area contributed by atoms with Gasteiger partial charge in [0.05, 0.1) is 10.6 Å². The normalized spacial score (nSPS) is 11.3. The fraction of sp³-hybridized carbons (Fsp3) is 0.0769. The second-order valence-corrected chi connectivity index (χ2v) is 6.43.